The smallest absolute Gasteiger partial charge is 0.408 e. The maximum atomic E-state index is 13.8. The van der Waals surface area contributed by atoms with Crippen LogP contribution in [0.1, 0.15) is 91.4 Å². The monoisotopic (exact) mass is 839 g/mol. The summed E-state index contributed by atoms with van der Waals surface area (Å²) in [6, 6.07) is 7.16. The number of nitrogens with zero attached hydrogens (tertiary/aromatic N) is 2. The maximum absolute atomic E-state index is 13.8. The lowest BCUT2D eigenvalue weighted by atomic mass is 9.90. The molecule has 56 heavy (non-hydrogen) atoms. The topological polar surface area (TPSA) is 174 Å². The zero-order valence-electron chi connectivity index (χ0n) is 32.8. The Morgan fingerprint density at radius 2 is 1.68 bits per heavy atom. The van der Waals surface area contributed by atoms with Crippen LogP contribution in [0, 0.1) is 11.3 Å². The second-order valence-corrected chi connectivity index (χ2v) is 18.2. The summed E-state index contributed by atoms with van der Waals surface area (Å²) < 4.78 is 20.1. The summed E-state index contributed by atoms with van der Waals surface area (Å²) in [5.41, 5.74) is 3.17. The number of fused-ring (bicyclic) bond motifs is 1. The van der Waals surface area contributed by atoms with Gasteiger partial charge in [-0.3, -0.25) is 29.2 Å². The van der Waals surface area contributed by atoms with E-state index >= 15 is 0 Å². The van der Waals surface area contributed by atoms with Crippen molar-refractivity contribution in [3.05, 3.63) is 47.7 Å². The Hall–Kier alpha value is -3.69. The third-order valence-electron chi connectivity index (χ3n) is 9.16. The summed E-state index contributed by atoms with van der Waals surface area (Å²) in [6.45, 7) is 12.7. The molecule has 4 rings (SSSR count). The number of hydrogen-bond donors (Lipinski definition) is 3. The van der Waals surface area contributed by atoms with Gasteiger partial charge in [-0.1, -0.05) is 65.2 Å². The van der Waals surface area contributed by atoms with Crippen LogP contribution in [0.15, 0.2) is 36.4 Å². The van der Waals surface area contributed by atoms with Crippen LogP contribution in [0.3, 0.4) is 0 Å². The van der Waals surface area contributed by atoms with Crippen molar-refractivity contribution in [3.63, 3.8) is 0 Å². The van der Waals surface area contributed by atoms with Crippen LogP contribution in [-0.4, -0.2) is 93.8 Å². The van der Waals surface area contributed by atoms with Crippen molar-refractivity contribution in [3.8, 4) is 0 Å². The number of benzene rings is 1. The van der Waals surface area contributed by atoms with Gasteiger partial charge in [0.05, 0.1) is 22.7 Å². The summed E-state index contributed by atoms with van der Waals surface area (Å²) in [7, 11) is 0. The molecule has 4 atom stereocenters. The van der Waals surface area contributed by atoms with Crippen molar-refractivity contribution < 1.29 is 42.9 Å². The number of carbonyl (C=O) groups excluding carboxylic acids is 5. The number of alkyl halides is 3. The first-order valence-corrected chi connectivity index (χ1v) is 19.7. The van der Waals surface area contributed by atoms with E-state index in [0.717, 1.165) is 10.9 Å². The van der Waals surface area contributed by atoms with Gasteiger partial charge in [0, 0.05) is 31.1 Å². The average Bonchev–Trinajstić information content (AvgIpc) is 3.13. The highest BCUT2D eigenvalue weighted by Gasteiger charge is 2.39. The molecule has 308 valence electrons. The lowest BCUT2D eigenvalue weighted by Crippen LogP contribution is -2.60. The minimum absolute atomic E-state index is 0.283. The van der Waals surface area contributed by atoms with Crippen molar-refractivity contribution in [2.75, 3.05) is 26.4 Å². The zero-order valence-corrected chi connectivity index (χ0v) is 35.1. The first-order valence-electron chi connectivity index (χ1n) is 18.6. The van der Waals surface area contributed by atoms with Crippen LogP contribution in [0.4, 0.5) is 4.79 Å². The molecule has 0 spiro atoms. The summed E-state index contributed by atoms with van der Waals surface area (Å²) in [6.07, 6.45) is 3.60. The summed E-state index contributed by atoms with van der Waals surface area (Å²) >= 11 is 17.1. The lowest BCUT2D eigenvalue weighted by molar-refractivity contribution is -0.168. The standard InChI is InChI=1S/C39H52Cl3N5O9/c1-23(44-36(52)56-37(3,4)5)28-13-12-26-11-10-25(21-30(26)45-28)14-17-38(6,7)35(51)55-31(27-15-19-53-20-16-27)32(48)43-24(2)33(49)47-18-8-9-29(46-47)34(50)54-22-39(40,41)42/h10-14,17,21,23-24,27,29,31,46H,8-9,15-16,18-20,22H2,1-7H3,(H,43,48)(H,44,52). The summed E-state index contributed by atoms with van der Waals surface area (Å²) in [5.74, 6) is -2.76. The minimum Gasteiger partial charge on any atom is -0.460 e. The van der Waals surface area contributed by atoms with E-state index in [-0.39, 0.29) is 12.5 Å². The molecule has 3 heterocycles. The fourth-order valence-electron chi connectivity index (χ4n) is 6.03. The number of rotatable bonds is 12. The van der Waals surface area contributed by atoms with Gasteiger partial charge in [-0.05, 0) is 91.8 Å². The van der Waals surface area contributed by atoms with Crippen LogP contribution in [0.5, 0.6) is 0 Å². The van der Waals surface area contributed by atoms with E-state index < -0.39 is 75.5 Å². The molecule has 17 heteroatoms. The maximum Gasteiger partial charge on any atom is 0.408 e. The Kier molecular flexibility index (Phi) is 15.4. The number of nitrogens with one attached hydrogen (secondary N) is 3. The van der Waals surface area contributed by atoms with E-state index in [2.05, 4.69) is 16.1 Å². The number of esters is 2. The number of carbonyl (C=O) groups is 5. The predicted octanol–water partition coefficient (Wildman–Crippen LogP) is 6.11. The van der Waals surface area contributed by atoms with Gasteiger partial charge >= 0.3 is 18.0 Å². The molecule has 0 radical (unpaired) electrons. The molecule has 4 unspecified atom stereocenters. The highest BCUT2D eigenvalue weighted by atomic mass is 35.6. The quantitative estimate of drug-likeness (QED) is 0.128. The molecule has 0 aliphatic carbocycles. The van der Waals surface area contributed by atoms with Crippen LogP contribution >= 0.6 is 34.8 Å². The molecule has 0 bridgehead atoms. The van der Waals surface area contributed by atoms with Crippen molar-refractivity contribution in [1.82, 2.24) is 26.1 Å². The van der Waals surface area contributed by atoms with Gasteiger partial charge < -0.3 is 29.6 Å². The molecule has 2 fully saturated rings. The molecule has 14 nitrogen and oxygen atoms in total. The first-order chi connectivity index (χ1) is 26.1. The SMILES string of the molecule is CC(NC(=O)C(OC(=O)C(C)(C)C=Cc1ccc2ccc(C(C)NC(=O)OC(C)(C)C)nc2c1)C1CCOCC1)C(=O)N1CCCC(C(=O)OCC(Cl)(Cl)Cl)N1. The van der Waals surface area contributed by atoms with Gasteiger partial charge in [0.25, 0.3) is 11.8 Å². The summed E-state index contributed by atoms with van der Waals surface area (Å²) in [5, 5.41) is 7.67. The molecule has 3 amide bonds. The third kappa shape index (κ3) is 13.5. The van der Waals surface area contributed by atoms with Crippen molar-refractivity contribution in [1.29, 1.82) is 0 Å². The molecule has 2 aromatic rings. The number of amides is 3. The number of aromatic nitrogens is 1. The van der Waals surface area contributed by atoms with Gasteiger partial charge in [-0.25, -0.2) is 10.2 Å². The van der Waals surface area contributed by atoms with Crippen molar-refractivity contribution in [2.45, 2.75) is 108 Å². The number of alkyl carbamates (subject to hydrolysis) is 1. The Bertz CT molecular complexity index is 1770. The molecule has 1 aromatic heterocycles. The lowest BCUT2D eigenvalue weighted by Gasteiger charge is -2.35. The van der Waals surface area contributed by atoms with Gasteiger partial charge in [0.15, 0.2) is 6.10 Å². The Labute approximate surface area is 342 Å². The molecule has 2 aliphatic heterocycles. The van der Waals surface area contributed by atoms with Crippen LogP contribution in [-0.2, 0) is 38.1 Å². The Balaban J connectivity index is 1.42. The van der Waals surface area contributed by atoms with E-state index in [0.29, 0.717) is 50.1 Å². The van der Waals surface area contributed by atoms with E-state index in [4.69, 9.17) is 58.7 Å². The molecular formula is C39H52Cl3N5O9. The highest BCUT2D eigenvalue weighted by Crippen LogP contribution is 2.29. The predicted molar refractivity (Wildman–Crippen MR) is 212 cm³/mol. The number of hydrazine groups is 1. The summed E-state index contributed by atoms with van der Waals surface area (Å²) in [4.78, 5) is 70.5. The van der Waals surface area contributed by atoms with E-state index in [1.807, 2.05) is 37.3 Å². The van der Waals surface area contributed by atoms with Crippen molar-refractivity contribution >= 4 is 81.6 Å². The van der Waals surface area contributed by atoms with Crippen molar-refractivity contribution in [2.24, 2.45) is 11.3 Å². The van der Waals surface area contributed by atoms with E-state index in [9.17, 15) is 24.0 Å². The highest BCUT2D eigenvalue weighted by molar-refractivity contribution is 6.67. The van der Waals surface area contributed by atoms with Gasteiger partial charge in [-0.15, -0.1) is 0 Å². The number of pyridine rings is 1. The van der Waals surface area contributed by atoms with Crippen LogP contribution < -0.4 is 16.1 Å². The number of hydrogen-bond acceptors (Lipinski definition) is 11. The minimum atomic E-state index is -1.78. The fraction of sp³-hybridized carbons (Fsp3) is 0.590. The largest absolute Gasteiger partial charge is 0.460 e. The van der Waals surface area contributed by atoms with Gasteiger partial charge in [0.1, 0.15) is 24.3 Å². The molecular weight excluding hydrogens is 789 g/mol. The Morgan fingerprint density at radius 3 is 2.34 bits per heavy atom. The average molecular weight is 841 g/mol. The second-order valence-electron chi connectivity index (χ2n) is 15.7. The number of halogens is 3. The first kappa shape index (κ1) is 45.0. The zero-order chi connectivity index (χ0) is 41.4. The third-order valence-corrected chi connectivity index (χ3v) is 9.49. The second kappa shape index (κ2) is 19.2. The Morgan fingerprint density at radius 1 is 1.00 bits per heavy atom. The molecule has 2 aliphatic rings. The molecule has 2 saturated heterocycles. The van der Waals surface area contributed by atoms with Gasteiger partial charge in [-0.2, -0.15) is 0 Å². The normalized spacial score (nSPS) is 18.8. The van der Waals surface area contributed by atoms with Gasteiger partial charge in [0.2, 0.25) is 3.79 Å². The molecule has 3 N–H and O–H groups in total. The van der Waals surface area contributed by atoms with Crippen LogP contribution in [0.2, 0.25) is 0 Å². The van der Waals surface area contributed by atoms with Crippen LogP contribution in [0.25, 0.3) is 17.0 Å². The molecule has 0 saturated carbocycles. The van der Waals surface area contributed by atoms with E-state index in [1.165, 1.54) is 11.9 Å². The molecule has 1 aromatic carbocycles. The number of ether oxygens (including phenoxy) is 4. The van der Waals surface area contributed by atoms with E-state index in [1.54, 1.807) is 46.8 Å². The fourth-order valence-corrected chi connectivity index (χ4v) is 6.20.